The Morgan fingerprint density at radius 1 is 1.33 bits per heavy atom. The van der Waals surface area contributed by atoms with Gasteiger partial charge in [0.25, 0.3) is 0 Å². The number of aliphatic hydroxyl groups excluding tert-OH is 1. The molecule has 1 aromatic heterocycles. The first-order valence-electron chi connectivity index (χ1n) is 5.64. The number of hydrogen-bond acceptors (Lipinski definition) is 3. The molecule has 0 saturated carbocycles. The maximum atomic E-state index is 8.64. The minimum Gasteiger partial charge on any atom is -0.396 e. The summed E-state index contributed by atoms with van der Waals surface area (Å²) in [5, 5.41) is 11.7. The van der Waals surface area contributed by atoms with Crippen LogP contribution in [0.25, 0.3) is 0 Å². The number of hydrogen-bond donors (Lipinski definition) is 2. The van der Waals surface area contributed by atoms with Gasteiger partial charge < -0.3 is 15.0 Å². The fourth-order valence-electron chi connectivity index (χ4n) is 1.62. The summed E-state index contributed by atoms with van der Waals surface area (Å²) >= 11 is 0. The molecule has 15 heavy (non-hydrogen) atoms. The van der Waals surface area contributed by atoms with E-state index in [2.05, 4.69) is 14.9 Å². The number of unbranched alkanes of at least 4 members (excludes halogenated alkanes) is 3. The van der Waals surface area contributed by atoms with Crippen LogP contribution in [0.2, 0.25) is 0 Å². The first-order chi connectivity index (χ1) is 7.38. The summed E-state index contributed by atoms with van der Waals surface area (Å²) in [6.45, 7) is 2.17. The van der Waals surface area contributed by atoms with Crippen LogP contribution in [0.4, 0.5) is 0 Å². The Labute approximate surface area is 91.3 Å². The third-order valence-corrected chi connectivity index (χ3v) is 2.44. The molecule has 0 unspecified atom stereocenters. The van der Waals surface area contributed by atoms with Gasteiger partial charge in [0.15, 0.2) is 0 Å². The van der Waals surface area contributed by atoms with Crippen LogP contribution in [0.1, 0.15) is 31.5 Å². The number of nitrogens with one attached hydrogen (secondary N) is 1. The van der Waals surface area contributed by atoms with Crippen LogP contribution < -0.4 is 5.32 Å². The lowest BCUT2D eigenvalue weighted by Gasteiger charge is -2.06. The summed E-state index contributed by atoms with van der Waals surface area (Å²) in [5.41, 5.74) is 0. The molecule has 2 N–H and O–H groups in total. The lowest BCUT2D eigenvalue weighted by Crippen LogP contribution is -2.12. The molecule has 0 aromatic carbocycles. The van der Waals surface area contributed by atoms with Crippen molar-refractivity contribution in [1.82, 2.24) is 14.9 Å². The van der Waals surface area contributed by atoms with Gasteiger partial charge in [0.2, 0.25) is 0 Å². The van der Waals surface area contributed by atoms with Gasteiger partial charge in [0.1, 0.15) is 5.82 Å². The molecule has 0 spiro atoms. The second-order valence-electron chi connectivity index (χ2n) is 3.71. The molecular weight excluding hydrogens is 190 g/mol. The predicted octanol–water partition coefficient (Wildman–Crippen LogP) is 1.16. The lowest BCUT2D eigenvalue weighted by molar-refractivity contribution is 0.282. The van der Waals surface area contributed by atoms with Gasteiger partial charge in [-0.15, -0.1) is 0 Å². The van der Waals surface area contributed by atoms with Crippen molar-refractivity contribution < 1.29 is 5.11 Å². The highest BCUT2D eigenvalue weighted by atomic mass is 16.2. The summed E-state index contributed by atoms with van der Waals surface area (Å²) in [4.78, 5) is 4.28. The van der Waals surface area contributed by atoms with Crippen molar-refractivity contribution in [2.24, 2.45) is 0 Å². The van der Waals surface area contributed by atoms with Crippen LogP contribution in [0, 0.1) is 0 Å². The van der Waals surface area contributed by atoms with Crippen molar-refractivity contribution in [2.45, 2.75) is 38.8 Å². The van der Waals surface area contributed by atoms with Gasteiger partial charge in [-0.2, -0.15) is 0 Å². The summed E-state index contributed by atoms with van der Waals surface area (Å²) in [6, 6.07) is 0. The molecule has 0 aliphatic rings. The van der Waals surface area contributed by atoms with Crippen molar-refractivity contribution in [3.8, 4) is 0 Å². The summed E-state index contributed by atoms with van der Waals surface area (Å²) in [6.07, 6.45) is 8.25. The molecular formula is C11H21N3O. The van der Waals surface area contributed by atoms with Crippen molar-refractivity contribution >= 4 is 0 Å². The molecule has 0 fully saturated rings. The topological polar surface area (TPSA) is 50.1 Å². The Bertz CT molecular complexity index is 260. The van der Waals surface area contributed by atoms with Crippen molar-refractivity contribution in [1.29, 1.82) is 0 Å². The SMILES string of the molecule is CNCc1nccn1CCCCCCO. The van der Waals surface area contributed by atoms with Crippen LogP contribution in [-0.4, -0.2) is 28.3 Å². The second-order valence-corrected chi connectivity index (χ2v) is 3.71. The van der Waals surface area contributed by atoms with Crippen LogP contribution in [0.15, 0.2) is 12.4 Å². The van der Waals surface area contributed by atoms with Gasteiger partial charge in [0, 0.05) is 25.5 Å². The number of nitrogens with zero attached hydrogens (tertiary/aromatic N) is 2. The molecule has 1 rings (SSSR count). The molecule has 0 saturated heterocycles. The first kappa shape index (κ1) is 12.2. The standard InChI is InChI=1S/C11H21N3O/c1-12-10-11-13-6-8-14(11)7-4-2-3-5-9-15/h6,8,12,15H,2-5,7,9-10H2,1H3. The van der Waals surface area contributed by atoms with E-state index < -0.39 is 0 Å². The summed E-state index contributed by atoms with van der Waals surface area (Å²) in [7, 11) is 1.93. The Hall–Kier alpha value is -0.870. The van der Waals surface area contributed by atoms with Gasteiger partial charge in [-0.1, -0.05) is 12.8 Å². The average molecular weight is 211 g/mol. The van der Waals surface area contributed by atoms with Crippen LogP contribution >= 0.6 is 0 Å². The number of aryl methyl sites for hydroxylation is 1. The highest BCUT2D eigenvalue weighted by molar-refractivity contribution is 4.91. The van der Waals surface area contributed by atoms with Crippen LogP contribution in [0.5, 0.6) is 0 Å². The average Bonchev–Trinajstić information content (AvgIpc) is 2.66. The molecule has 0 bridgehead atoms. The Morgan fingerprint density at radius 3 is 2.87 bits per heavy atom. The van der Waals surface area contributed by atoms with E-state index in [4.69, 9.17) is 5.11 Å². The van der Waals surface area contributed by atoms with Crippen molar-refractivity contribution in [3.63, 3.8) is 0 Å². The van der Waals surface area contributed by atoms with Gasteiger partial charge in [-0.05, 0) is 19.9 Å². The first-order valence-corrected chi connectivity index (χ1v) is 5.64. The zero-order chi connectivity index (χ0) is 10.9. The minimum atomic E-state index is 0.316. The molecule has 0 aliphatic heterocycles. The Balaban J connectivity index is 2.21. The molecule has 4 heteroatoms. The van der Waals surface area contributed by atoms with Crippen LogP contribution in [-0.2, 0) is 13.1 Å². The number of rotatable bonds is 8. The maximum absolute atomic E-state index is 8.64. The molecule has 0 atom stereocenters. The Morgan fingerprint density at radius 2 is 2.13 bits per heavy atom. The van der Waals surface area contributed by atoms with Gasteiger partial charge >= 0.3 is 0 Å². The normalized spacial score (nSPS) is 10.8. The van der Waals surface area contributed by atoms with E-state index in [-0.39, 0.29) is 0 Å². The molecule has 4 nitrogen and oxygen atoms in total. The lowest BCUT2D eigenvalue weighted by atomic mass is 10.2. The van der Waals surface area contributed by atoms with E-state index in [1.165, 1.54) is 6.42 Å². The third kappa shape index (κ3) is 4.44. The van der Waals surface area contributed by atoms with Crippen LogP contribution in [0.3, 0.4) is 0 Å². The molecule has 86 valence electrons. The summed E-state index contributed by atoms with van der Waals surface area (Å²) < 4.78 is 2.19. The molecule has 1 heterocycles. The van der Waals surface area contributed by atoms with E-state index in [9.17, 15) is 0 Å². The second kappa shape index (κ2) is 7.43. The zero-order valence-electron chi connectivity index (χ0n) is 9.45. The van der Waals surface area contributed by atoms with E-state index in [1.54, 1.807) is 0 Å². The predicted molar refractivity (Wildman–Crippen MR) is 60.5 cm³/mol. The number of imidazole rings is 1. The quantitative estimate of drug-likeness (QED) is 0.634. The highest BCUT2D eigenvalue weighted by Gasteiger charge is 2.00. The number of aromatic nitrogens is 2. The highest BCUT2D eigenvalue weighted by Crippen LogP contribution is 2.04. The molecule has 0 amide bonds. The fourth-order valence-corrected chi connectivity index (χ4v) is 1.62. The Kier molecular flexibility index (Phi) is 6.04. The number of aliphatic hydroxyl groups is 1. The smallest absolute Gasteiger partial charge is 0.122 e. The van der Waals surface area contributed by atoms with E-state index in [1.807, 2.05) is 19.4 Å². The fraction of sp³-hybridized carbons (Fsp3) is 0.727. The van der Waals surface area contributed by atoms with E-state index in [0.29, 0.717) is 6.61 Å². The van der Waals surface area contributed by atoms with E-state index in [0.717, 1.165) is 38.2 Å². The van der Waals surface area contributed by atoms with Gasteiger partial charge in [-0.25, -0.2) is 4.98 Å². The third-order valence-electron chi connectivity index (χ3n) is 2.44. The maximum Gasteiger partial charge on any atom is 0.122 e. The van der Waals surface area contributed by atoms with Gasteiger partial charge in [-0.3, -0.25) is 0 Å². The van der Waals surface area contributed by atoms with Gasteiger partial charge in [0.05, 0.1) is 6.54 Å². The van der Waals surface area contributed by atoms with Crippen molar-refractivity contribution in [3.05, 3.63) is 18.2 Å². The largest absolute Gasteiger partial charge is 0.396 e. The summed E-state index contributed by atoms with van der Waals surface area (Å²) in [5.74, 6) is 1.10. The van der Waals surface area contributed by atoms with E-state index >= 15 is 0 Å². The van der Waals surface area contributed by atoms with Crippen molar-refractivity contribution in [2.75, 3.05) is 13.7 Å². The molecule has 0 radical (unpaired) electrons. The minimum absolute atomic E-state index is 0.316. The zero-order valence-corrected chi connectivity index (χ0v) is 9.45. The molecule has 0 aliphatic carbocycles. The molecule has 1 aromatic rings. The monoisotopic (exact) mass is 211 g/mol.